The molecule has 0 radical (unpaired) electrons. The molecule has 4 heterocycles. The van der Waals surface area contributed by atoms with Crippen molar-refractivity contribution in [3.63, 3.8) is 0 Å². The Kier molecular flexibility index (Phi) is 3.07. The number of nitrogens with one attached hydrogen (secondary N) is 2. The van der Waals surface area contributed by atoms with E-state index in [0.29, 0.717) is 16.7 Å². The van der Waals surface area contributed by atoms with Gasteiger partial charge in [-0.15, -0.1) is 0 Å². The van der Waals surface area contributed by atoms with E-state index in [4.69, 9.17) is 0 Å². The van der Waals surface area contributed by atoms with Crippen molar-refractivity contribution in [3.8, 4) is 11.3 Å². The van der Waals surface area contributed by atoms with Crippen LogP contribution >= 0.6 is 0 Å². The second-order valence-corrected chi connectivity index (χ2v) is 5.51. The van der Waals surface area contributed by atoms with Gasteiger partial charge in [0.05, 0.1) is 23.0 Å². The minimum absolute atomic E-state index is 0.260. The van der Waals surface area contributed by atoms with Gasteiger partial charge in [-0.25, -0.2) is 9.37 Å². The van der Waals surface area contributed by atoms with Gasteiger partial charge in [-0.2, -0.15) is 5.10 Å². The Hall–Kier alpha value is -2.41. The van der Waals surface area contributed by atoms with Crippen LogP contribution < -0.4 is 10.2 Å². The molecule has 0 aliphatic carbocycles. The van der Waals surface area contributed by atoms with Crippen LogP contribution in [0.5, 0.6) is 0 Å². The number of anilines is 1. The third-order valence-corrected chi connectivity index (χ3v) is 4.06. The first-order valence-electron chi connectivity index (χ1n) is 7.35. The molecule has 6 nitrogen and oxygen atoms in total. The van der Waals surface area contributed by atoms with Gasteiger partial charge in [0, 0.05) is 51.2 Å². The van der Waals surface area contributed by atoms with Crippen molar-refractivity contribution < 1.29 is 4.39 Å². The highest BCUT2D eigenvalue weighted by Gasteiger charge is 2.21. The maximum absolute atomic E-state index is 15.0. The number of halogens is 1. The molecule has 3 aromatic heterocycles. The molecule has 0 amide bonds. The predicted octanol–water partition coefficient (Wildman–Crippen LogP) is 1.51. The van der Waals surface area contributed by atoms with E-state index in [9.17, 15) is 4.39 Å². The lowest BCUT2D eigenvalue weighted by Crippen LogP contribution is -2.43. The van der Waals surface area contributed by atoms with Gasteiger partial charge in [0.1, 0.15) is 5.65 Å². The molecule has 0 atom stereocenters. The van der Waals surface area contributed by atoms with Crippen molar-refractivity contribution in [1.82, 2.24) is 25.1 Å². The standard InChI is InChI=1S/C15H17FN6/c1-21-9-10(8-19-21)14-13(16)12-11(2-3-18-15(12)20-14)22-6-4-17-5-7-22/h2-3,8-9,17H,4-7H2,1H3,(H,18,20). The van der Waals surface area contributed by atoms with E-state index in [1.54, 1.807) is 23.3 Å². The first-order valence-corrected chi connectivity index (χ1v) is 7.35. The zero-order chi connectivity index (χ0) is 15.1. The molecule has 7 heteroatoms. The molecule has 114 valence electrons. The molecule has 1 aliphatic heterocycles. The zero-order valence-electron chi connectivity index (χ0n) is 12.3. The van der Waals surface area contributed by atoms with Gasteiger partial charge in [0.15, 0.2) is 5.82 Å². The summed E-state index contributed by atoms with van der Waals surface area (Å²) in [5, 5.41) is 7.98. The summed E-state index contributed by atoms with van der Waals surface area (Å²) in [6.45, 7) is 3.55. The van der Waals surface area contributed by atoms with E-state index in [1.165, 1.54) is 0 Å². The molecule has 22 heavy (non-hydrogen) atoms. The largest absolute Gasteiger partial charge is 0.368 e. The van der Waals surface area contributed by atoms with Crippen LogP contribution in [0.25, 0.3) is 22.3 Å². The van der Waals surface area contributed by atoms with Crippen molar-refractivity contribution in [2.45, 2.75) is 0 Å². The van der Waals surface area contributed by atoms with Crippen molar-refractivity contribution in [2.75, 3.05) is 31.1 Å². The summed E-state index contributed by atoms with van der Waals surface area (Å²) >= 11 is 0. The highest BCUT2D eigenvalue weighted by molar-refractivity contribution is 5.94. The van der Waals surface area contributed by atoms with E-state index in [2.05, 4.69) is 25.3 Å². The average molecular weight is 300 g/mol. The third kappa shape index (κ3) is 2.05. The van der Waals surface area contributed by atoms with Gasteiger partial charge >= 0.3 is 0 Å². The van der Waals surface area contributed by atoms with Crippen molar-refractivity contribution in [3.05, 3.63) is 30.5 Å². The van der Waals surface area contributed by atoms with Gasteiger partial charge in [-0.3, -0.25) is 4.68 Å². The molecule has 1 aliphatic rings. The van der Waals surface area contributed by atoms with Crippen LogP contribution in [0.3, 0.4) is 0 Å². The minimum Gasteiger partial charge on any atom is -0.368 e. The number of fused-ring (bicyclic) bond motifs is 1. The Morgan fingerprint density at radius 1 is 1.27 bits per heavy atom. The molecule has 0 unspecified atom stereocenters. The summed E-state index contributed by atoms with van der Waals surface area (Å²) < 4.78 is 16.6. The van der Waals surface area contributed by atoms with Crippen molar-refractivity contribution in [1.29, 1.82) is 0 Å². The van der Waals surface area contributed by atoms with Gasteiger partial charge in [-0.05, 0) is 6.07 Å². The van der Waals surface area contributed by atoms with E-state index in [0.717, 1.165) is 37.4 Å². The molecule has 2 N–H and O–H groups in total. The molecule has 1 fully saturated rings. The van der Waals surface area contributed by atoms with Crippen LogP contribution in [-0.4, -0.2) is 45.9 Å². The lowest BCUT2D eigenvalue weighted by atomic mass is 10.2. The SMILES string of the molecule is Cn1cc(-c2[nH]c3nccc(N4CCNCC4)c3c2F)cn1. The number of H-pyrrole nitrogens is 1. The Bertz CT molecular complexity index is 815. The lowest BCUT2D eigenvalue weighted by molar-refractivity contribution is 0.588. The van der Waals surface area contributed by atoms with E-state index < -0.39 is 0 Å². The maximum atomic E-state index is 15.0. The van der Waals surface area contributed by atoms with E-state index in [-0.39, 0.29) is 5.82 Å². The van der Waals surface area contributed by atoms with Gasteiger partial charge in [0.25, 0.3) is 0 Å². The number of aryl methyl sites for hydroxylation is 1. The quantitative estimate of drug-likeness (QED) is 0.753. The normalized spacial score (nSPS) is 15.6. The summed E-state index contributed by atoms with van der Waals surface area (Å²) in [7, 11) is 1.81. The summed E-state index contributed by atoms with van der Waals surface area (Å²) in [6.07, 6.45) is 5.17. The Morgan fingerprint density at radius 2 is 2.09 bits per heavy atom. The van der Waals surface area contributed by atoms with Crippen LogP contribution in [0.2, 0.25) is 0 Å². The number of rotatable bonds is 2. The second kappa shape index (κ2) is 5.10. The molecular formula is C15H17FN6. The first kappa shape index (κ1) is 13.3. The molecule has 0 bridgehead atoms. The van der Waals surface area contributed by atoms with Gasteiger partial charge < -0.3 is 15.2 Å². The van der Waals surface area contributed by atoms with Gasteiger partial charge in [0.2, 0.25) is 0 Å². The van der Waals surface area contributed by atoms with E-state index >= 15 is 0 Å². The van der Waals surface area contributed by atoms with E-state index in [1.807, 2.05) is 13.1 Å². The number of nitrogens with zero attached hydrogens (tertiary/aromatic N) is 4. The van der Waals surface area contributed by atoms with Crippen LogP contribution in [0.15, 0.2) is 24.7 Å². The predicted molar refractivity (Wildman–Crippen MR) is 83.3 cm³/mol. The maximum Gasteiger partial charge on any atom is 0.160 e. The van der Waals surface area contributed by atoms with Crippen molar-refractivity contribution in [2.24, 2.45) is 7.05 Å². The summed E-state index contributed by atoms with van der Waals surface area (Å²) in [5.41, 5.74) is 2.64. The monoisotopic (exact) mass is 300 g/mol. The summed E-state index contributed by atoms with van der Waals surface area (Å²) in [6, 6.07) is 1.89. The highest BCUT2D eigenvalue weighted by Crippen LogP contribution is 2.33. The topological polar surface area (TPSA) is 61.8 Å². The van der Waals surface area contributed by atoms with Crippen molar-refractivity contribution >= 4 is 16.7 Å². The summed E-state index contributed by atoms with van der Waals surface area (Å²) in [5.74, 6) is -0.260. The molecule has 0 saturated carbocycles. The highest BCUT2D eigenvalue weighted by atomic mass is 19.1. The molecule has 0 aromatic carbocycles. The summed E-state index contributed by atoms with van der Waals surface area (Å²) in [4.78, 5) is 9.58. The molecular weight excluding hydrogens is 283 g/mol. The second-order valence-electron chi connectivity index (χ2n) is 5.51. The number of hydrogen-bond donors (Lipinski definition) is 2. The Morgan fingerprint density at radius 3 is 2.82 bits per heavy atom. The molecule has 3 aromatic rings. The number of aromatic nitrogens is 4. The number of pyridine rings is 1. The fourth-order valence-electron chi connectivity index (χ4n) is 2.98. The fourth-order valence-corrected chi connectivity index (χ4v) is 2.98. The average Bonchev–Trinajstić information content (AvgIpc) is 3.12. The zero-order valence-corrected chi connectivity index (χ0v) is 12.3. The molecule has 4 rings (SSSR count). The number of aromatic amines is 1. The fraction of sp³-hybridized carbons (Fsp3) is 0.333. The van der Waals surface area contributed by atoms with Gasteiger partial charge in [-0.1, -0.05) is 0 Å². The third-order valence-electron chi connectivity index (χ3n) is 4.06. The smallest absolute Gasteiger partial charge is 0.160 e. The van der Waals surface area contributed by atoms with Crippen LogP contribution in [0.4, 0.5) is 10.1 Å². The lowest BCUT2D eigenvalue weighted by Gasteiger charge is -2.29. The Labute approximate surface area is 127 Å². The first-order chi connectivity index (χ1) is 10.7. The molecule has 1 saturated heterocycles. The Balaban J connectivity index is 1.87. The molecule has 0 spiro atoms. The van der Waals surface area contributed by atoms with Crippen LogP contribution in [0, 0.1) is 5.82 Å². The van der Waals surface area contributed by atoms with Crippen LogP contribution in [-0.2, 0) is 7.05 Å². The van der Waals surface area contributed by atoms with Crippen LogP contribution in [0.1, 0.15) is 0 Å². The number of hydrogen-bond acceptors (Lipinski definition) is 4. The minimum atomic E-state index is -0.260. The number of piperazine rings is 1.